The van der Waals surface area contributed by atoms with Gasteiger partial charge in [0, 0.05) is 16.0 Å². The SMILES string of the molecule is COc1ccc(-c2noc(CN3C(=O)NC4(CCCc5sccc54)C3=O)n2)cc1. The summed E-state index contributed by atoms with van der Waals surface area (Å²) in [6.45, 7) is -0.0605. The van der Waals surface area contributed by atoms with Crippen LogP contribution in [0, 0.1) is 0 Å². The molecule has 8 nitrogen and oxygen atoms in total. The first-order chi connectivity index (χ1) is 14.1. The summed E-state index contributed by atoms with van der Waals surface area (Å²) in [6.07, 6.45) is 2.39. The third-order valence-corrected chi connectivity index (χ3v) is 6.43. The average molecular weight is 410 g/mol. The molecule has 9 heteroatoms. The van der Waals surface area contributed by atoms with Crippen LogP contribution in [0.25, 0.3) is 11.4 Å². The van der Waals surface area contributed by atoms with E-state index in [4.69, 9.17) is 9.26 Å². The fourth-order valence-corrected chi connectivity index (χ4v) is 5.00. The van der Waals surface area contributed by atoms with E-state index >= 15 is 0 Å². The Morgan fingerprint density at radius 2 is 2.10 bits per heavy atom. The minimum absolute atomic E-state index is 0.0605. The van der Waals surface area contributed by atoms with E-state index in [0.29, 0.717) is 12.2 Å². The van der Waals surface area contributed by atoms with E-state index in [-0.39, 0.29) is 18.3 Å². The van der Waals surface area contributed by atoms with Crippen LogP contribution < -0.4 is 10.1 Å². The molecule has 3 heterocycles. The highest BCUT2D eigenvalue weighted by Gasteiger charge is 2.54. The van der Waals surface area contributed by atoms with Crippen molar-refractivity contribution in [3.05, 3.63) is 52.0 Å². The number of benzene rings is 1. The fourth-order valence-electron chi connectivity index (χ4n) is 4.00. The van der Waals surface area contributed by atoms with Crippen LogP contribution >= 0.6 is 11.3 Å². The van der Waals surface area contributed by atoms with Crippen molar-refractivity contribution in [3.8, 4) is 17.1 Å². The number of hydrogen-bond donors (Lipinski definition) is 1. The molecule has 1 saturated heterocycles. The Bertz CT molecular complexity index is 1090. The van der Waals surface area contributed by atoms with E-state index < -0.39 is 11.6 Å². The first-order valence-corrected chi connectivity index (χ1v) is 10.2. The highest BCUT2D eigenvalue weighted by atomic mass is 32.1. The van der Waals surface area contributed by atoms with Crippen molar-refractivity contribution in [2.45, 2.75) is 31.3 Å². The molecule has 1 fully saturated rings. The number of nitrogens with one attached hydrogen (secondary N) is 1. The van der Waals surface area contributed by atoms with Crippen LogP contribution in [-0.4, -0.2) is 34.1 Å². The topological polar surface area (TPSA) is 97.6 Å². The second kappa shape index (κ2) is 6.70. The molecule has 29 heavy (non-hydrogen) atoms. The van der Waals surface area contributed by atoms with Gasteiger partial charge in [0.1, 0.15) is 17.8 Å². The molecule has 1 aliphatic heterocycles. The number of ether oxygens (including phenoxy) is 1. The highest BCUT2D eigenvalue weighted by molar-refractivity contribution is 7.10. The van der Waals surface area contributed by atoms with Crippen molar-refractivity contribution < 1.29 is 18.8 Å². The Morgan fingerprint density at radius 1 is 1.28 bits per heavy atom. The third kappa shape index (κ3) is 2.80. The van der Waals surface area contributed by atoms with Gasteiger partial charge in [0.05, 0.1) is 7.11 Å². The van der Waals surface area contributed by atoms with Gasteiger partial charge in [0.15, 0.2) is 0 Å². The predicted molar refractivity (Wildman–Crippen MR) is 104 cm³/mol. The second-order valence-electron chi connectivity index (χ2n) is 7.08. The van der Waals surface area contributed by atoms with Crippen LogP contribution in [0.5, 0.6) is 5.75 Å². The number of methoxy groups -OCH3 is 1. The van der Waals surface area contributed by atoms with E-state index in [1.807, 2.05) is 23.6 Å². The quantitative estimate of drug-likeness (QED) is 0.664. The molecule has 2 aliphatic rings. The summed E-state index contributed by atoms with van der Waals surface area (Å²) >= 11 is 1.63. The summed E-state index contributed by atoms with van der Waals surface area (Å²) < 4.78 is 10.4. The van der Waals surface area contributed by atoms with Crippen LogP contribution in [-0.2, 0) is 23.3 Å². The number of aryl methyl sites for hydroxylation is 1. The molecule has 1 aromatic carbocycles. The summed E-state index contributed by atoms with van der Waals surface area (Å²) in [5.41, 5.74) is 0.701. The zero-order chi connectivity index (χ0) is 20.0. The Morgan fingerprint density at radius 3 is 2.90 bits per heavy atom. The van der Waals surface area contributed by atoms with Gasteiger partial charge in [-0.05, 0) is 55.0 Å². The number of nitrogens with zero attached hydrogens (tertiary/aromatic N) is 3. The number of amides is 3. The molecule has 148 valence electrons. The number of thiophene rings is 1. The van der Waals surface area contributed by atoms with Gasteiger partial charge >= 0.3 is 6.03 Å². The Labute approximate surface area is 170 Å². The lowest BCUT2D eigenvalue weighted by atomic mass is 9.80. The van der Waals surface area contributed by atoms with Crippen LogP contribution in [0.4, 0.5) is 4.79 Å². The molecular weight excluding hydrogens is 392 g/mol. The van der Waals surface area contributed by atoms with Crippen LogP contribution in [0.15, 0.2) is 40.2 Å². The van der Waals surface area contributed by atoms with Crippen LogP contribution in [0.3, 0.4) is 0 Å². The zero-order valence-electron chi connectivity index (χ0n) is 15.7. The number of urea groups is 1. The Balaban J connectivity index is 1.39. The van der Waals surface area contributed by atoms with Crippen molar-refractivity contribution in [1.82, 2.24) is 20.4 Å². The number of hydrogen-bond acceptors (Lipinski definition) is 7. The number of carbonyl (C=O) groups excluding carboxylic acids is 2. The summed E-state index contributed by atoms with van der Waals surface area (Å²) in [6, 6.07) is 8.74. The van der Waals surface area contributed by atoms with Crippen molar-refractivity contribution in [2.24, 2.45) is 0 Å². The Hall–Kier alpha value is -3.20. The van der Waals surface area contributed by atoms with Gasteiger partial charge in [-0.15, -0.1) is 11.3 Å². The maximum atomic E-state index is 13.2. The van der Waals surface area contributed by atoms with Gasteiger partial charge in [-0.2, -0.15) is 4.98 Å². The molecule has 1 spiro atoms. The fraction of sp³-hybridized carbons (Fsp3) is 0.300. The van der Waals surface area contributed by atoms with Gasteiger partial charge in [0.25, 0.3) is 5.91 Å². The zero-order valence-corrected chi connectivity index (χ0v) is 16.5. The summed E-state index contributed by atoms with van der Waals surface area (Å²) in [7, 11) is 1.59. The lowest BCUT2D eigenvalue weighted by molar-refractivity contribution is -0.132. The van der Waals surface area contributed by atoms with E-state index in [9.17, 15) is 9.59 Å². The van der Waals surface area contributed by atoms with E-state index in [2.05, 4.69) is 15.5 Å². The summed E-state index contributed by atoms with van der Waals surface area (Å²) in [5, 5.41) is 8.87. The summed E-state index contributed by atoms with van der Waals surface area (Å²) in [4.78, 5) is 32.6. The number of rotatable bonds is 4. The lowest BCUT2D eigenvalue weighted by Gasteiger charge is -2.31. The van der Waals surface area contributed by atoms with Gasteiger partial charge in [-0.25, -0.2) is 4.79 Å². The Kier molecular flexibility index (Phi) is 4.13. The molecule has 0 bridgehead atoms. The molecule has 1 atom stereocenters. The number of fused-ring (bicyclic) bond motifs is 2. The molecule has 3 amide bonds. The van der Waals surface area contributed by atoms with Gasteiger partial charge in [-0.3, -0.25) is 9.69 Å². The summed E-state index contributed by atoms with van der Waals surface area (Å²) in [5.74, 6) is 1.06. The lowest BCUT2D eigenvalue weighted by Crippen LogP contribution is -2.46. The van der Waals surface area contributed by atoms with E-state index in [0.717, 1.165) is 39.5 Å². The average Bonchev–Trinajstić information content (AvgIpc) is 3.45. The first-order valence-electron chi connectivity index (χ1n) is 9.29. The molecule has 2 aromatic heterocycles. The normalized spacial score (nSPS) is 20.8. The molecule has 3 aromatic rings. The molecule has 0 saturated carbocycles. The monoisotopic (exact) mass is 410 g/mol. The van der Waals surface area contributed by atoms with Crippen LogP contribution in [0.1, 0.15) is 29.2 Å². The minimum atomic E-state index is -0.969. The van der Waals surface area contributed by atoms with Crippen molar-refractivity contribution in [1.29, 1.82) is 0 Å². The predicted octanol–water partition coefficient (Wildman–Crippen LogP) is 3.09. The van der Waals surface area contributed by atoms with Crippen molar-refractivity contribution >= 4 is 23.3 Å². The van der Waals surface area contributed by atoms with Gasteiger partial charge in [0.2, 0.25) is 11.7 Å². The molecular formula is C20H18N4O4S. The van der Waals surface area contributed by atoms with Crippen molar-refractivity contribution in [2.75, 3.05) is 7.11 Å². The molecule has 5 rings (SSSR count). The largest absolute Gasteiger partial charge is 0.497 e. The first kappa shape index (κ1) is 17.9. The van der Waals surface area contributed by atoms with E-state index in [1.54, 1.807) is 30.6 Å². The minimum Gasteiger partial charge on any atom is -0.497 e. The van der Waals surface area contributed by atoms with Crippen LogP contribution in [0.2, 0.25) is 0 Å². The molecule has 1 aliphatic carbocycles. The number of imide groups is 1. The highest BCUT2D eigenvalue weighted by Crippen LogP contribution is 2.42. The molecule has 1 unspecified atom stereocenters. The van der Waals surface area contributed by atoms with E-state index in [1.165, 1.54) is 0 Å². The van der Waals surface area contributed by atoms with Gasteiger partial charge < -0.3 is 14.6 Å². The molecule has 1 N–H and O–H groups in total. The molecule has 0 radical (unpaired) electrons. The maximum Gasteiger partial charge on any atom is 0.325 e. The standard InChI is InChI=1S/C20H18N4O4S/c1-27-13-6-4-12(5-7-13)17-21-16(28-23-17)11-24-18(25)20(22-19(24)26)9-2-3-15-14(20)8-10-29-15/h4-8,10H,2-3,9,11H2,1H3,(H,22,26). The third-order valence-electron chi connectivity index (χ3n) is 5.45. The van der Waals surface area contributed by atoms with Crippen molar-refractivity contribution in [3.63, 3.8) is 0 Å². The number of aromatic nitrogens is 2. The maximum absolute atomic E-state index is 13.2. The second-order valence-corrected chi connectivity index (χ2v) is 8.08. The number of carbonyl (C=O) groups is 2. The smallest absolute Gasteiger partial charge is 0.325 e. The van der Waals surface area contributed by atoms with Gasteiger partial charge in [-0.1, -0.05) is 5.16 Å².